The maximum atomic E-state index is 10.3. The second kappa shape index (κ2) is 8.12. The summed E-state index contributed by atoms with van der Waals surface area (Å²) in [5.74, 6) is -0.954. The van der Waals surface area contributed by atoms with Crippen molar-refractivity contribution in [2.45, 2.75) is 140 Å². The second-order valence-corrected chi connectivity index (χ2v) is 17.1. The van der Waals surface area contributed by atoms with E-state index in [4.69, 9.17) is 0 Å². The molecule has 0 radical (unpaired) electrons. The topological polar surface area (TPSA) is 6.48 Å². The molecule has 4 atom stereocenters. The summed E-state index contributed by atoms with van der Waals surface area (Å²) < 4.78 is 20.6. The number of benzene rings is 3. The fraction of sp³-hybridized carbons (Fsp3) is 0.550. The highest BCUT2D eigenvalue weighted by atomic mass is 15.3. The van der Waals surface area contributed by atoms with Crippen molar-refractivity contribution in [1.29, 1.82) is 0 Å². The largest absolute Gasteiger partial charge is 0.338 e. The van der Waals surface area contributed by atoms with E-state index in [0.717, 1.165) is 31.2 Å². The van der Waals surface area contributed by atoms with Crippen molar-refractivity contribution in [3.8, 4) is 0 Å². The molecule has 43 heavy (non-hydrogen) atoms. The van der Waals surface area contributed by atoms with Gasteiger partial charge >= 0.3 is 0 Å². The van der Waals surface area contributed by atoms with Crippen LogP contribution in [0.25, 0.3) is 0 Å². The lowest BCUT2D eigenvalue weighted by molar-refractivity contribution is 0.193. The molecule has 222 valence electrons. The molecule has 3 aromatic rings. The first-order chi connectivity index (χ1) is 21.1. The first kappa shape index (κ1) is 24.6. The van der Waals surface area contributed by atoms with Crippen LogP contribution in [0.5, 0.6) is 0 Å². The summed E-state index contributed by atoms with van der Waals surface area (Å²) in [5, 5.41) is 0. The van der Waals surface area contributed by atoms with Crippen LogP contribution in [0.15, 0.2) is 42.5 Å². The number of hydrogen-bond acceptors (Lipinski definition) is 2. The van der Waals surface area contributed by atoms with E-state index in [-0.39, 0.29) is 28.5 Å². The van der Waals surface area contributed by atoms with E-state index in [9.17, 15) is 2.74 Å². The Kier molecular flexibility index (Phi) is 4.65. The smallest absolute Gasteiger partial charge is 0.252 e. The second-order valence-electron chi connectivity index (χ2n) is 17.1. The fourth-order valence-electron chi connectivity index (χ4n) is 10.7. The molecular formula is C40H49BN2. The van der Waals surface area contributed by atoms with Gasteiger partial charge in [-0.2, -0.15) is 0 Å². The molecule has 2 saturated carbocycles. The SMILES string of the molecule is [2H]C12CCCCC1([2H])N1c3cccc4c3B(c3ccc(C(C)(C)C)c2c31)c1ccc(C(C)(C)C)c2c1N4C1(C)CCCCC21C. The Balaban J connectivity index is 1.43. The van der Waals surface area contributed by atoms with Gasteiger partial charge in [0.25, 0.3) is 6.71 Å². The fourth-order valence-corrected chi connectivity index (χ4v) is 10.7. The molecule has 4 heterocycles. The molecule has 2 aliphatic carbocycles. The van der Waals surface area contributed by atoms with Gasteiger partial charge in [0.05, 0.1) is 6.91 Å². The maximum absolute atomic E-state index is 10.3. The molecule has 0 bridgehead atoms. The highest BCUT2D eigenvalue weighted by Gasteiger charge is 2.63. The summed E-state index contributed by atoms with van der Waals surface area (Å²) in [6.45, 7) is 19.3. The number of nitrogens with zero attached hydrogens (tertiary/aromatic N) is 2. The number of rotatable bonds is 0. The highest BCUT2D eigenvalue weighted by Crippen LogP contribution is 2.64. The highest BCUT2D eigenvalue weighted by molar-refractivity contribution is 7.00. The number of anilines is 4. The first-order valence-electron chi connectivity index (χ1n) is 18.2. The van der Waals surface area contributed by atoms with E-state index in [2.05, 4.69) is 108 Å². The number of hydrogen-bond donors (Lipinski definition) is 0. The molecule has 6 aliphatic rings. The van der Waals surface area contributed by atoms with E-state index in [1.165, 1.54) is 75.9 Å². The lowest BCUT2D eigenvalue weighted by atomic mass is 9.33. The predicted octanol–water partition coefficient (Wildman–Crippen LogP) is 8.34. The molecule has 0 spiro atoms. The van der Waals surface area contributed by atoms with Crippen molar-refractivity contribution in [2.75, 3.05) is 9.80 Å². The molecule has 9 rings (SSSR count). The van der Waals surface area contributed by atoms with Crippen LogP contribution in [0.2, 0.25) is 0 Å². The van der Waals surface area contributed by atoms with Crippen LogP contribution in [-0.2, 0) is 16.2 Å². The maximum Gasteiger partial charge on any atom is 0.252 e. The van der Waals surface area contributed by atoms with Crippen LogP contribution in [0.1, 0.15) is 138 Å². The van der Waals surface area contributed by atoms with E-state index in [1.54, 1.807) is 5.56 Å². The molecule has 0 amide bonds. The zero-order valence-corrected chi connectivity index (χ0v) is 27.7. The van der Waals surface area contributed by atoms with Crippen LogP contribution in [0, 0.1) is 0 Å². The van der Waals surface area contributed by atoms with Gasteiger partial charge in [-0.25, -0.2) is 0 Å². The van der Waals surface area contributed by atoms with Gasteiger partial charge in [-0.3, -0.25) is 0 Å². The van der Waals surface area contributed by atoms with Gasteiger partial charge in [0.1, 0.15) is 0 Å². The molecule has 4 aliphatic heterocycles. The Bertz CT molecular complexity index is 1710. The summed E-state index contributed by atoms with van der Waals surface area (Å²) in [7, 11) is 0. The predicted molar refractivity (Wildman–Crippen MR) is 185 cm³/mol. The summed E-state index contributed by atoms with van der Waals surface area (Å²) in [4.78, 5) is 5.20. The summed E-state index contributed by atoms with van der Waals surface area (Å²) in [5.41, 5.74) is 14.8. The minimum atomic E-state index is -1.01. The van der Waals surface area contributed by atoms with Gasteiger partial charge in [-0.15, -0.1) is 0 Å². The van der Waals surface area contributed by atoms with Crippen molar-refractivity contribution in [3.63, 3.8) is 0 Å². The van der Waals surface area contributed by atoms with Gasteiger partial charge in [-0.05, 0) is 94.2 Å². The lowest BCUT2D eigenvalue weighted by Crippen LogP contribution is -2.65. The Labute approximate surface area is 263 Å². The summed E-state index contributed by atoms with van der Waals surface area (Å²) in [6.07, 6.45) is 8.48. The molecule has 0 saturated heterocycles. The minimum Gasteiger partial charge on any atom is -0.338 e. The Morgan fingerprint density at radius 1 is 0.767 bits per heavy atom. The summed E-state index contributed by atoms with van der Waals surface area (Å²) in [6, 6.07) is 15.7. The van der Waals surface area contributed by atoms with Gasteiger partial charge in [0.2, 0.25) is 0 Å². The van der Waals surface area contributed by atoms with Crippen LogP contribution in [-0.4, -0.2) is 18.3 Å². The normalized spacial score (nSPS) is 33.7. The molecule has 3 heteroatoms. The average molecular weight is 571 g/mol. The van der Waals surface area contributed by atoms with E-state index in [0.29, 0.717) is 0 Å². The first-order valence-corrected chi connectivity index (χ1v) is 17.2. The van der Waals surface area contributed by atoms with Crippen molar-refractivity contribution in [1.82, 2.24) is 0 Å². The lowest BCUT2D eigenvalue weighted by Gasteiger charge is -2.53. The molecule has 4 unspecified atom stereocenters. The van der Waals surface area contributed by atoms with Crippen LogP contribution < -0.4 is 26.2 Å². The van der Waals surface area contributed by atoms with E-state index >= 15 is 0 Å². The van der Waals surface area contributed by atoms with Crippen LogP contribution in [0.3, 0.4) is 0 Å². The molecule has 2 fully saturated rings. The van der Waals surface area contributed by atoms with Crippen molar-refractivity contribution < 1.29 is 2.74 Å². The van der Waals surface area contributed by atoms with E-state index in [1.807, 2.05) is 0 Å². The molecular weight excluding hydrogens is 519 g/mol. The Hall–Kier alpha value is -2.68. The molecule has 0 aromatic heterocycles. The third-order valence-corrected chi connectivity index (χ3v) is 12.8. The summed E-state index contributed by atoms with van der Waals surface area (Å²) >= 11 is 0. The Morgan fingerprint density at radius 2 is 1.42 bits per heavy atom. The average Bonchev–Trinajstić information content (AvgIpc) is 3.33. The van der Waals surface area contributed by atoms with Gasteiger partial charge in [0.15, 0.2) is 0 Å². The van der Waals surface area contributed by atoms with Gasteiger partial charge in [-0.1, -0.05) is 104 Å². The quantitative estimate of drug-likeness (QED) is 0.251. The standard InChI is InChI=1S/C40H49BN2/c1-37(2,3)25-18-20-27-35-32(25)24-14-9-10-15-29(24)42(35)30-16-13-17-31-34(30)41(27)28-21-19-26(38(4,5)6)33-36(28)43(31)40(8)23-12-11-22-39(33,40)7/h13,16-21,24,29H,9-12,14-15,22-23H2,1-8H3/i24D,29D. The molecule has 0 N–H and O–H groups in total. The van der Waals surface area contributed by atoms with Crippen molar-refractivity contribution in [3.05, 3.63) is 64.7 Å². The Morgan fingerprint density at radius 3 is 2.16 bits per heavy atom. The van der Waals surface area contributed by atoms with Crippen molar-refractivity contribution in [2.24, 2.45) is 0 Å². The van der Waals surface area contributed by atoms with Crippen molar-refractivity contribution >= 4 is 45.9 Å². The van der Waals surface area contributed by atoms with Crippen LogP contribution in [0.4, 0.5) is 22.7 Å². The minimum absolute atomic E-state index is 0.0149. The van der Waals surface area contributed by atoms with Gasteiger partial charge in [0, 0.05) is 41.4 Å². The van der Waals surface area contributed by atoms with E-state index < -0.39 is 11.9 Å². The van der Waals surface area contributed by atoms with Crippen LogP contribution >= 0.6 is 0 Å². The molecule has 2 nitrogen and oxygen atoms in total. The van der Waals surface area contributed by atoms with Gasteiger partial charge < -0.3 is 9.80 Å². The third-order valence-electron chi connectivity index (χ3n) is 12.8. The molecule has 3 aromatic carbocycles. The zero-order chi connectivity index (χ0) is 31.7. The third kappa shape index (κ3) is 3.04. The zero-order valence-electron chi connectivity index (χ0n) is 29.7. The number of fused-ring (bicyclic) bond motifs is 10. The monoisotopic (exact) mass is 570 g/mol.